The van der Waals surface area contributed by atoms with Crippen LogP contribution in [0.4, 0.5) is 17.1 Å². The lowest BCUT2D eigenvalue weighted by Gasteiger charge is -2.32. The zero-order valence-corrected chi connectivity index (χ0v) is 20.7. The van der Waals surface area contributed by atoms with Gasteiger partial charge in [0.25, 0.3) is 0 Å². The van der Waals surface area contributed by atoms with Gasteiger partial charge in [0.05, 0.1) is 5.69 Å². The lowest BCUT2D eigenvalue weighted by atomic mass is 9.95. The molecule has 0 saturated carbocycles. The highest BCUT2D eigenvalue weighted by Crippen LogP contribution is 2.32. The Morgan fingerprint density at radius 2 is 1.60 bits per heavy atom. The normalized spacial score (nSPS) is 17.2. The zero-order chi connectivity index (χ0) is 25.0. The maximum absolute atomic E-state index is 14.0. The highest BCUT2D eigenvalue weighted by molar-refractivity contribution is 6.32. The van der Waals surface area contributed by atoms with Crippen LogP contribution in [-0.2, 0) is 9.59 Å². The van der Waals surface area contributed by atoms with Gasteiger partial charge in [-0.25, -0.2) is 0 Å². The summed E-state index contributed by atoms with van der Waals surface area (Å²) in [6, 6.07) is 23.9. The Morgan fingerprint density at radius 1 is 0.971 bits per heavy atom. The van der Waals surface area contributed by atoms with E-state index in [1.165, 1.54) is 11.9 Å². The van der Waals surface area contributed by atoms with Gasteiger partial charge in [-0.3, -0.25) is 9.59 Å². The number of halogens is 1. The van der Waals surface area contributed by atoms with Crippen molar-refractivity contribution >= 4 is 46.2 Å². The Balaban J connectivity index is 1.81. The number of hydrogen-bond donors (Lipinski definition) is 2. The molecule has 0 aliphatic carbocycles. The van der Waals surface area contributed by atoms with Gasteiger partial charge in [-0.15, -0.1) is 0 Å². The van der Waals surface area contributed by atoms with Crippen molar-refractivity contribution in [3.05, 3.63) is 89.4 Å². The number of nitrogens with zero attached hydrogens (tertiary/aromatic N) is 3. The second kappa shape index (κ2) is 10.2. The van der Waals surface area contributed by atoms with E-state index < -0.39 is 11.6 Å². The van der Waals surface area contributed by atoms with Crippen LogP contribution < -0.4 is 20.5 Å². The van der Waals surface area contributed by atoms with E-state index >= 15 is 0 Å². The Labute approximate surface area is 210 Å². The summed E-state index contributed by atoms with van der Waals surface area (Å²) in [5, 5.41) is 12.7. The lowest BCUT2D eigenvalue weighted by Crippen LogP contribution is -2.64. The summed E-state index contributed by atoms with van der Waals surface area (Å²) >= 11 is 6.11. The molecular weight excluding hydrogens is 462 g/mol. The van der Waals surface area contributed by atoms with Crippen LogP contribution >= 0.6 is 11.6 Å². The van der Waals surface area contributed by atoms with Gasteiger partial charge in [0.15, 0.2) is 0 Å². The van der Waals surface area contributed by atoms with Crippen molar-refractivity contribution in [1.29, 1.82) is 0 Å². The zero-order valence-electron chi connectivity index (χ0n) is 20.0. The van der Waals surface area contributed by atoms with Crippen molar-refractivity contribution in [2.45, 2.75) is 26.4 Å². The number of benzene rings is 3. The highest BCUT2D eigenvalue weighted by Gasteiger charge is 2.53. The van der Waals surface area contributed by atoms with E-state index in [1.54, 1.807) is 36.4 Å². The van der Waals surface area contributed by atoms with Crippen molar-refractivity contribution in [3.63, 3.8) is 0 Å². The molecule has 1 heterocycles. The van der Waals surface area contributed by atoms with Gasteiger partial charge in [0.2, 0.25) is 11.6 Å². The molecule has 0 fully saturated rings. The van der Waals surface area contributed by atoms with Gasteiger partial charge in [0.1, 0.15) is 5.71 Å². The summed E-state index contributed by atoms with van der Waals surface area (Å²) in [6.45, 7) is 7.36. The third kappa shape index (κ3) is 4.86. The Bertz CT molecular complexity index is 1220. The van der Waals surface area contributed by atoms with Crippen molar-refractivity contribution < 1.29 is 9.59 Å². The van der Waals surface area contributed by atoms with Crippen LogP contribution in [0.5, 0.6) is 0 Å². The minimum absolute atomic E-state index is 0.367. The van der Waals surface area contributed by atoms with E-state index in [0.29, 0.717) is 27.7 Å². The van der Waals surface area contributed by atoms with Gasteiger partial charge in [-0.1, -0.05) is 41.9 Å². The van der Waals surface area contributed by atoms with E-state index in [-0.39, 0.29) is 5.91 Å². The summed E-state index contributed by atoms with van der Waals surface area (Å²) in [4.78, 5) is 28.6. The van der Waals surface area contributed by atoms with Gasteiger partial charge < -0.3 is 15.5 Å². The molecule has 0 aromatic heterocycles. The molecule has 4 rings (SSSR count). The molecular formula is C27H28ClN5O2. The predicted molar refractivity (Wildman–Crippen MR) is 142 cm³/mol. The van der Waals surface area contributed by atoms with E-state index in [2.05, 4.69) is 34.5 Å². The first kappa shape index (κ1) is 24.3. The Morgan fingerprint density at radius 3 is 2.17 bits per heavy atom. The number of hydrazone groups is 1. The van der Waals surface area contributed by atoms with Gasteiger partial charge in [0, 0.05) is 42.0 Å². The van der Waals surface area contributed by atoms with Crippen LogP contribution in [-0.4, -0.2) is 36.3 Å². The van der Waals surface area contributed by atoms with Gasteiger partial charge in [-0.05, 0) is 62.4 Å². The predicted octanol–water partition coefficient (Wildman–Crippen LogP) is 4.88. The van der Waals surface area contributed by atoms with E-state index in [9.17, 15) is 9.59 Å². The smallest absolute Gasteiger partial charge is 0.300 e. The van der Waals surface area contributed by atoms with Crippen LogP contribution in [0, 0.1) is 0 Å². The van der Waals surface area contributed by atoms with Gasteiger partial charge >= 0.3 is 5.91 Å². The summed E-state index contributed by atoms with van der Waals surface area (Å²) in [5.74, 6) is -0.793. The van der Waals surface area contributed by atoms with Crippen LogP contribution in [0.2, 0.25) is 5.02 Å². The van der Waals surface area contributed by atoms with E-state index in [1.807, 2.05) is 42.5 Å². The number of amides is 2. The average Bonchev–Trinajstić information content (AvgIpc) is 3.13. The highest BCUT2D eigenvalue weighted by atomic mass is 35.5. The van der Waals surface area contributed by atoms with E-state index in [4.69, 9.17) is 11.6 Å². The van der Waals surface area contributed by atoms with Crippen molar-refractivity contribution in [2.24, 2.45) is 5.10 Å². The first-order chi connectivity index (χ1) is 16.9. The number of carbonyl (C=O) groups excluding carboxylic acids is 2. The molecule has 7 nitrogen and oxygen atoms in total. The summed E-state index contributed by atoms with van der Waals surface area (Å²) in [6.07, 6.45) is 0. The number of rotatable bonds is 8. The number of nitrogens with one attached hydrogen (secondary N) is 2. The van der Waals surface area contributed by atoms with Crippen LogP contribution in [0.3, 0.4) is 0 Å². The molecule has 180 valence electrons. The third-order valence-corrected chi connectivity index (χ3v) is 6.13. The standard InChI is InChI=1S/C27H28ClN5O2/c1-4-32(5-2)23-17-15-22(16-18-23)30-27(29-19(3)34)25(20-11-13-21(28)14-12-20)31-33(26(27)35)24-9-7-6-8-10-24/h6-18,30H,4-5H2,1-3H3,(H,29,34). The molecule has 3 aromatic carbocycles. The molecule has 3 aromatic rings. The van der Waals surface area contributed by atoms with Crippen molar-refractivity contribution in [2.75, 3.05) is 28.3 Å². The van der Waals surface area contributed by atoms with Crippen LogP contribution in [0.25, 0.3) is 0 Å². The molecule has 0 saturated heterocycles. The molecule has 1 atom stereocenters. The van der Waals surface area contributed by atoms with Gasteiger partial charge in [-0.2, -0.15) is 10.1 Å². The minimum Gasteiger partial charge on any atom is -0.372 e. The van der Waals surface area contributed by atoms with Crippen molar-refractivity contribution in [3.8, 4) is 0 Å². The molecule has 1 aliphatic heterocycles. The maximum atomic E-state index is 14.0. The Hall–Kier alpha value is -3.84. The Kier molecular flexibility index (Phi) is 7.07. The first-order valence-electron chi connectivity index (χ1n) is 11.5. The number of carbonyl (C=O) groups is 2. The number of para-hydroxylation sites is 1. The fraction of sp³-hybridized carbons (Fsp3) is 0.222. The first-order valence-corrected chi connectivity index (χ1v) is 11.9. The fourth-order valence-electron chi connectivity index (χ4n) is 4.19. The molecule has 0 spiro atoms. The number of hydrogen-bond acceptors (Lipinski definition) is 5. The monoisotopic (exact) mass is 489 g/mol. The quantitative estimate of drug-likeness (QED) is 0.442. The second-order valence-corrected chi connectivity index (χ2v) is 8.62. The molecule has 0 bridgehead atoms. The lowest BCUT2D eigenvalue weighted by molar-refractivity contribution is -0.127. The molecule has 0 radical (unpaired) electrons. The maximum Gasteiger partial charge on any atom is 0.300 e. The summed E-state index contributed by atoms with van der Waals surface area (Å²) < 4.78 is 0. The fourth-order valence-corrected chi connectivity index (χ4v) is 4.31. The molecule has 2 N–H and O–H groups in total. The third-order valence-electron chi connectivity index (χ3n) is 5.88. The average molecular weight is 490 g/mol. The number of anilines is 3. The summed E-state index contributed by atoms with van der Waals surface area (Å²) in [7, 11) is 0. The largest absolute Gasteiger partial charge is 0.372 e. The minimum atomic E-state index is -1.62. The topological polar surface area (TPSA) is 77.0 Å². The molecule has 1 unspecified atom stereocenters. The summed E-state index contributed by atoms with van der Waals surface area (Å²) in [5.41, 5.74) is 1.73. The van der Waals surface area contributed by atoms with Crippen LogP contribution in [0.1, 0.15) is 26.3 Å². The SMILES string of the molecule is CCN(CC)c1ccc(NC2(NC(C)=O)C(=O)N(c3ccccc3)N=C2c2ccc(Cl)cc2)cc1. The molecule has 35 heavy (non-hydrogen) atoms. The second-order valence-electron chi connectivity index (χ2n) is 8.18. The van der Waals surface area contributed by atoms with Crippen LogP contribution in [0.15, 0.2) is 84.0 Å². The molecule has 2 amide bonds. The van der Waals surface area contributed by atoms with E-state index in [0.717, 1.165) is 18.8 Å². The van der Waals surface area contributed by atoms with Crippen molar-refractivity contribution in [1.82, 2.24) is 5.32 Å². The molecule has 8 heteroatoms. The molecule has 1 aliphatic rings.